The minimum absolute atomic E-state index is 0.0985. The van der Waals surface area contributed by atoms with Crippen molar-refractivity contribution in [2.24, 2.45) is 0 Å². The molecule has 0 N–H and O–H groups in total. The largest absolute Gasteiger partial charge is 0.373 e. The van der Waals surface area contributed by atoms with E-state index in [1.165, 1.54) is 16.4 Å². The lowest BCUT2D eigenvalue weighted by Crippen LogP contribution is -2.48. The van der Waals surface area contributed by atoms with Gasteiger partial charge in [0.1, 0.15) is 0 Å². The Balaban J connectivity index is 1.51. The zero-order valence-corrected chi connectivity index (χ0v) is 20.9. The van der Waals surface area contributed by atoms with Gasteiger partial charge in [0.2, 0.25) is 10.0 Å². The number of ether oxygens (including phenoxy) is 1. The van der Waals surface area contributed by atoms with Crippen LogP contribution in [0.1, 0.15) is 30.6 Å². The van der Waals surface area contributed by atoms with Crippen molar-refractivity contribution >= 4 is 38.6 Å². The van der Waals surface area contributed by atoms with Crippen LogP contribution in [0.2, 0.25) is 0 Å². The number of fused-ring (bicyclic) bond motifs is 2. The summed E-state index contributed by atoms with van der Waals surface area (Å²) in [4.78, 5) is 27.0. The highest BCUT2D eigenvalue weighted by molar-refractivity contribution is 7.89. The van der Waals surface area contributed by atoms with E-state index >= 15 is 0 Å². The second-order valence-electron chi connectivity index (χ2n) is 9.20. The molecule has 1 saturated heterocycles. The smallest absolute Gasteiger partial charge is 0.259 e. The van der Waals surface area contributed by atoms with Gasteiger partial charge in [-0.25, -0.2) is 18.4 Å². The molecule has 10 heteroatoms. The molecule has 5 rings (SSSR count). The van der Waals surface area contributed by atoms with Gasteiger partial charge in [0.25, 0.3) is 5.91 Å². The van der Waals surface area contributed by atoms with Gasteiger partial charge in [0.05, 0.1) is 28.1 Å². The van der Waals surface area contributed by atoms with Crippen molar-refractivity contribution in [1.82, 2.24) is 14.3 Å². The van der Waals surface area contributed by atoms with Gasteiger partial charge in [0.15, 0.2) is 11.6 Å². The third kappa shape index (κ3) is 4.49. The Morgan fingerprint density at radius 2 is 1.60 bits per heavy atom. The average Bonchev–Trinajstić information content (AvgIpc) is 3.00. The molecule has 3 aromatic rings. The van der Waals surface area contributed by atoms with Crippen LogP contribution in [0.3, 0.4) is 0 Å². The number of hydrogen-bond donors (Lipinski definition) is 0. The van der Waals surface area contributed by atoms with Crippen molar-refractivity contribution in [3.8, 4) is 0 Å². The van der Waals surface area contributed by atoms with Crippen LogP contribution < -0.4 is 9.80 Å². The van der Waals surface area contributed by atoms with Crippen molar-refractivity contribution in [1.29, 1.82) is 0 Å². The van der Waals surface area contributed by atoms with Crippen molar-refractivity contribution in [3.05, 3.63) is 54.1 Å². The molecular weight excluding hydrogens is 466 g/mol. The van der Waals surface area contributed by atoms with Crippen LogP contribution in [0.15, 0.2) is 53.4 Å². The molecule has 0 saturated carbocycles. The van der Waals surface area contributed by atoms with E-state index in [1.54, 1.807) is 17.0 Å². The lowest BCUT2D eigenvalue weighted by molar-refractivity contribution is -0.0440. The van der Waals surface area contributed by atoms with E-state index in [0.29, 0.717) is 29.3 Å². The molecule has 35 heavy (non-hydrogen) atoms. The fraction of sp³-hybridized carbons (Fsp3) is 0.400. The number of amides is 1. The molecular formula is C25H29N5O4S. The van der Waals surface area contributed by atoms with Gasteiger partial charge in [0, 0.05) is 38.8 Å². The molecule has 0 bridgehead atoms. The number of carbonyl (C=O) groups is 1. The lowest BCUT2D eigenvalue weighted by atomic mass is 10.2. The van der Waals surface area contributed by atoms with Crippen LogP contribution >= 0.6 is 0 Å². The molecule has 1 fully saturated rings. The molecule has 2 atom stereocenters. The van der Waals surface area contributed by atoms with E-state index in [-0.39, 0.29) is 36.1 Å². The number of benzene rings is 2. The van der Waals surface area contributed by atoms with Crippen LogP contribution in [-0.4, -0.2) is 74.0 Å². The molecule has 2 unspecified atom stereocenters. The van der Waals surface area contributed by atoms with Gasteiger partial charge >= 0.3 is 0 Å². The molecule has 9 nitrogen and oxygen atoms in total. The first kappa shape index (κ1) is 23.7. The number of sulfonamides is 1. The summed E-state index contributed by atoms with van der Waals surface area (Å²) in [6.45, 7) is 5.45. The summed E-state index contributed by atoms with van der Waals surface area (Å²) < 4.78 is 33.9. The zero-order chi connectivity index (χ0) is 24.7. The topological polar surface area (TPSA) is 95.9 Å². The second kappa shape index (κ2) is 9.18. The highest BCUT2D eigenvalue weighted by Crippen LogP contribution is 2.31. The van der Waals surface area contributed by atoms with Gasteiger partial charge in [-0.05, 0) is 50.6 Å². The van der Waals surface area contributed by atoms with Crippen molar-refractivity contribution in [2.75, 3.05) is 43.0 Å². The van der Waals surface area contributed by atoms with Crippen molar-refractivity contribution in [2.45, 2.75) is 37.4 Å². The molecule has 2 aliphatic rings. The minimum atomic E-state index is -3.77. The van der Waals surface area contributed by atoms with Crippen molar-refractivity contribution in [3.63, 3.8) is 0 Å². The first-order chi connectivity index (χ1) is 16.7. The molecule has 3 heterocycles. The Bertz CT molecular complexity index is 1370. The number of carbonyl (C=O) groups excluding carboxylic acids is 1. The summed E-state index contributed by atoms with van der Waals surface area (Å²) in [6.07, 6.45) is 0.340. The van der Waals surface area contributed by atoms with Gasteiger partial charge in [-0.1, -0.05) is 18.2 Å². The molecule has 1 amide bonds. The predicted octanol–water partition coefficient (Wildman–Crippen LogP) is 2.91. The van der Waals surface area contributed by atoms with Crippen LogP contribution in [0.5, 0.6) is 0 Å². The van der Waals surface area contributed by atoms with Crippen LogP contribution in [-0.2, 0) is 14.8 Å². The maximum atomic E-state index is 13.7. The number of nitrogens with zero attached hydrogens (tertiary/aromatic N) is 5. The first-order valence-electron chi connectivity index (χ1n) is 11.8. The summed E-state index contributed by atoms with van der Waals surface area (Å²) in [7, 11) is -1.84. The SMILES string of the molecule is CC1CN(S(=O)(=O)c2cccc(C(=O)N3CCCN(C)c4nc5ccccc5nc43)c2)CC(C)O1. The molecule has 0 radical (unpaired) electrons. The third-order valence-corrected chi connectivity index (χ3v) is 8.20. The Hall–Kier alpha value is -3.08. The van der Waals surface area contributed by atoms with Crippen LogP contribution in [0, 0.1) is 0 Å². The molecule has 1 aromatic heterocycles. The summed E-state index contributed by atoms with van der Waals surface area (Å²) in [5.74, 6) is 0.819. The lowest BCUT2D eigenvalue weighted by Gasteiger charge is -2.34. The van der Waals surface area contributed by atoms with Gasteiger partial charge in [-0.2, -0.15) is 4.31 Å². The fourth-order valence-corrected chi connectivity index (χ4v) is 6.35. The Morgan fingerprint density at radius 3 is 2.29 bits per heavy atom. The number of rotatable bonds is 3. The maximum Gasteiger partial charge on any atom is 0.259 e. The Morgan fingerprint density at radius 1 is 0.943 bits per heavy atom. The van der Waals surface area contributed by atoms with Gasteiger partial charge in [-0.15, -0.1) is 0 Å². The van der Waals surface area contributed by atoms with E-state index in [0.717, 1.165) is 18.5 Å². The first-order valence-corrected chi connectivity index (χ1v) is 13.2. The zero-order valence-electron chi connectivity index (χ0n) is 20.1. The monoisotopic (exact) mass is 495 g/mol. The van der Waals surface area contributed by atoms with E-state index in [9.17, 15) is 13.2 Å². The Labute approximate surface area is 205 Å². The van der Waals surface area contributed by atoms with E-state index in [2.05, 4.69) is 0 Å². The quantitative estimate of drug-likeness (QED) is 0.551. The molecule has 184 valence electrons. The Kier molecular flexibility index (Phi) is 6.20. The normalized spacial score (nSPS) is 21.6. The second-order valence-corrected chi connectivity index (χ2v) is 11.1. The van der Waals surface area contributed by atoms with Crippen LogP contribution in [0.4, 0.5) is 11.6 Å². The summed E-state index contributed by atoms with van der Waals surface area (Å²) >= 11 is 0. The maximum absolute atomic E-state index is 13.7. The van der Waals surface area contributed by atoms with E-state index in [4.69, 9.17) is 14.7 Å². The average molecular weight is 496 g/mol. The minimum Gasteiger partial charge on any atom is -0.373 e. The van der Waals surface area contributed by atoms with Gasteiger partial charge in [-0.3, -0.25) is 9.69 Å². The number of para-hydroxylation sites is 2. The van der Waals surface area contributed by atoms with Crippen molar-refractivity contribution < 1.29 is 17.9 Å². The standard InChI is InChI=1S/C25H29N5O4S/c1-17-15-29(16-18(2)34-17)35(32,33)20-9-6-8-19(14-20)25(31)30-13-7-12-28(3)23-24(30)27-22-11-5-4-10-21(22)26-23/h4-6,8-11,14,17-18H,7,12-13,15-16H2,1-3H3. The molecule has 0 spiro atoms. The third-order valence-electron chi connectivity index (χ3n) is 6.38. The highest BCUT2D eigenvalue weighted by atomic mass is 32.2. The molecule has 2 aliphatic heterocycles. The molecule has 0 aliphatic carbocycles. The van der Waals surface area contributed by atoms with Gasteiger partial charge < -0.3 is 9.64 Å². The fourth-order valence-electron chi connectivity index (χ4n) is 4.72. The summed E-state index contributed by atoms with van der Waals surface area (Å²) in [6, 6.07) is 13.8. The summed E-state index contributed by atoms with van der Waals surface area (Å²) in [5.41, 5.74) is 1.76. The highest BCUT2D eigenvalue weighted by Gasteiger charge is 2.33. The predicted molar refractivity (Wildman–Crippen MR) is 134 cm³/mol. The number of anilines is 2. The number of hydrogen-bond acceptors (Lipinski definition) is 7. The molecule has 2 aromatic carbocycles. The number of aromatic nitrogens is 2. The van der Waals surface area contributed by atoms with Crippen LogP contribution in [0.25, 0.3) is 11.0 Å². The van der Waals surface area contributed by atoms with E-state index in [1.807, 2.05) is 50.1 Å². The number of morpholine rings is 1. The summed E-state index contributed by atoms with van der Waals surface area (Å²) in [5, 5.41) is 0. The van der Waals surface area contributed by atoms with E-state index < -0.39 is 10.0 Å².